The van der Waals surface area contributed by atoms with Crippen molar-refractivity contribution in [3.63, 3.8) is 0 Å². The van der Waals surface area contributed by atoms with Crippen molar-refractivity contribution in [2.45, 2.75) is 6.54 Å². The molecule has 0 aliphatic carbocycles. The number of anilines is 1. The molecule has 3 rings (SSSR count). The molecule has 0 fully saturated rings. The lowest BCUT2D eigenvalue weighted by atomic mass is 10.2. The third kappa shape index (κ3) is 3.23. The van der Waals surface area contributed by atoms with Gasteiger partial charge >= 0.3 is 11.7 Å². The van der Waals surface area contributed by atoms with Crippen molar-refractivity contribution in [2.24, 2.45) is 0 Å². The van der Waals surface area contributed by atoms with Crippen LogP contribution in [-0.4, -0.2) is 41.8 Å². The number of methoxy groups -OCH3 is 1. The third-order valence-corrected chi connectivity index (χ3v) is 4.20. The van der Waals surface area contributed by atoms with E-state index < -0.39 is 11.7 Å². The molecule has 2 aromatic heterocycles. The summed E-state index contributed by atoms with van der Waals surface area (Å²) in [5.74, 6) is 0.776. The van der Waals surface area contributed by atoms with Crippen LogP contribution in [0.25, 0.3) is 11.2 Å². The second-order valence-electron chi connectivity index (χ2n) is 5.69. The lowest BCUT2D eigenvalue weighted by molar-refractivity contribution is 0.244. The monoisotopic (exact) mass is 375 g/mol. The molecule has 0 saturated heterocycles. The molecular weight excluding hydrogens is 358 g/mol. The van der Waals surface area contributed by atoms with Gasteiger partial charge in [-0.1, -0.05) is 23.7 Å². The molecule has 2 N–H and O–H groups in total. The maximum absolute atomic E-state index is 12.2. The smallest absolute Gasteiger partial charge is 0.336 e. The van der Waals surface area contributed by atoms with Crippen LogP contribution in [-0.2, 0) is 6.54 Å². The van der Waals surface area contributed by atoms with Crippen molar-refractivity contribution in [2.75, 3.05) is 26.1 Å². The second-order valence-corrected chi connectivity index (χ2v) is 6.07. The highest BCUT2D eigenvalue weighted by Crippen LogP contribution is 2.27. The number of imidazole rings is 1. The van der Waals surface area contributed by atoms with Crippen LogP contribution in [0.5, 0.6) is 5.75 Å². The van der Waals surface area contributed by atoms with Crippen LogP contribution in [0.2, 0.25) is 5.15 Å². The number of pyridine rings is 1. The Kier molecular flexibility index (Phi) is 4.85. The van der Waals surface area contributed by atoms with E-state index in [-0.39, 0.29) is 10.8 Å². The number of amides is 1. The van der Waals surface area contributed by atoms with Crippen molar-refractivity contribution in [3.8, 4) is 5.75 Å². The highest BCUT2D eigenvalue weighted by atomic mass is 35.5. The van der Waals surface area contributed by atoms with Gasteiger partial charge < -0.3 is 19.9 Å². The molecule has 0 aliphatic heterocycles. The van der Waals surface area contributed by atoms with E-state index in [0.717, 1.165) is 15.9 Å². The minimum absolute atomic E-state index is 0.179. The molecule has 8 nitrogen and oxygen atoms in total. The first-order valence-corrected chi connectivity index (χ1v) is 8.19. The summed E-state index contributed by atoms with van der Waals surface area (Å²) in [5.41, 5.74) is 1.75. The molecule has 0 saturated carbocycles. The number of fused-ring (bicyclic) bond motifs is 1. The molecule has 2 heterocycles. The fourth-order valence-corrected chi connectivity index (χ4v) is 2.90. The summed E-state index contributed by atoms with van der Waals surface area (Å²) < 4.78 is 6.08. The Bertz CT molecular complexity index is 1010. The molecule has 0 spiro atoms. The molecular formula is C17H18ClN5O3. The van der Waals surface area contributed by atoms with Crippen LogP contribution >= 0.6 is 11.6 Å². The summed E-state index contributed by atoms with van der Waals surface area (Å²) in [7, 11) is 4.92. The van der Waals surface area contributed by atoms with Crippen molar-refractivity contribution >= 4 is 34.5 Å². The number of benzene rings is 1. The molecule has 1 aromatic carbocycles. The minimum Gasteiger partial charge on any atom is -0.497 e. The van der Waals surface area contributed by atoms with Crippen molar-refractivity contribution < 1.29 is 9.53 Å². The number of aromatic amines is 1. The van der Waals surface area contributed by atoms with Gasteiger partial charge in [-0.05, 0) is 17.7 Å². The summed E-state index contributed by atoms with van der Waals surface area (Å²) in [5, 5.41) is 2.60. The number of hydrogen-bond acceptors (Lipinski definition) is 5. The van der Waals surface area contributed by atoms with Gasteiger partial charge in [0.15, 0.2) is 5.65 Å². The van der Waals surface area contributed by atoms with Gasteiger partial charge in [-0.25, -0.2) is 14.6 Å². The van der Waals surface area contributed by atoms with Gasteiger partial charge in [0, 0.05) is 26.7 Å². The number of nitrogens with zero attached hydrogens (tertiary/aromatic N) is 3. The quantitative estimate of drug-likeness (QED) is 0.682. The molecule has 0 aliphatic rings. The number of H-pyrrole nitrogens is 1. The van der Waals surface area contributed by atoms with Gasteiger partial charge in [0.2, 0.25) is 0 Å². The molecule has 26 heavy (non-hydrogen) atoms. The SMILES string of the molecule is CNC(=O)n1c(=O)[nH]c2c(N(C)Cc3ccc(OC)cc3)cc(Cl)nc21. The Hall–Kier alpha value is -3.00. The van der Waals surface area contributed by atoms with Crippen LogP contribution in [0.15, 0.2) is 35.1 Å². The van der Waals surface area contributed by atoms with E-state index in [4.69, 9.17) is 16.3 Å². The zero-order chi connectivity index (χ0) is 18.8. The van der Waals surface area contributed by atoms with E-state index in [2.05, 4.69) is 15.3 Å². The minimum atomic E-state index is -0.584. The molecule has 0 radical (unpaired) electrons. The van der Waals surface area contributed by atoms with E-state index >= 15 is 0 Å². The van der Waals surface area contributed by atoms with Crippen LogP contribution in [0.1, 0.15) is 5.56 Å². The zero-order valence-electron chi connectivity index (χ0n) is 14.5. The van der Waals surface area contributed by atoms with Gasteiger partial charge in [-0.3, -0.25) is 0 Å². The van der Waals surface area contributed by atoms with Crippen LogP contribution in [0.3, 0.4) is 0 Å². The average Bonchev–Trinajstić information content (AvgIpc) is 2.96. The van der Waals surface area contributed by atoms with E-state index in [9.17, 15) is 9.59 Å². The Morgan fingerprint density at radius 1 is 1.38 bits per heavy atom. The number of carbonyl (C=O) groups is 1. The maximum Gasteiger partial charge on any atom is 0.336 e. The van der Waals surface area contributed by atoms with Gasteiger partial charge in [-0.2, -0.15) is 4.57 Å². The van der Waals surface area contributed by atoms with Gasteiger partial charge in [0.05, 0.1) is 12.8 Å². The fraction of sp³-hybridized carbons (Fsp3) is 0.235. The van der Waals surface area contributed by atoms with E-state index in [1.165, 1.54) is 7.05 Å². The number of nitrogens with one attached hydrogen (secondary N) is 2. The third-order valence-electron chi connectivity index (χ3n) is 4.00. The van der Waals surface area contributed by atoms with Gasteiger partial charge in [0.1, 0.15) is 16.4 Å². The van der Waals surface area contributed by atoms with E-state index in [1.807, 2.05) is 36.2 Å². The predicted octanol–water partition coefficient (Wildman–Crippen LogP) is 2.21. The van der Waals surface area contributed by atoms with Crippen LogP contribution in [0, 0.1) is 0 Å². The first-order chi connectivity index (χ1) is 12.4. The summed E-state index contributed by atoms with van der Waals surface area (Å²) in [6.07, 6.45) is 0. The Morgan fingerprint density at radius 2 is 2.08 bits per heavy atom. The van der Waals surface area contributed by atoms with Crippen molar-refractivity contribution in [1.29, 1.82) is 0 Å². The Labute approximate surface area is 154 Å². The summed E-state index contributed by atoms with van der Waals surface area (Å²) in [6, 6.07) is 8.73. The number of ether oxygens (including phenoxy) is 1. The number of rotatable bonds is 4. The molecule has 3 aromatic rings. The fourth-order valence-electron chi connectivity index (χ4n) is 2.72. The number of halogens is 1. The second kappa shape index (κ2) is 7.09. The van der Waals surface area contributed by atoms with Crippen molar-refractivity contribution in [1.82, 2.24) is 19.9 Å². The largest absolute Gasteiger partial charge is 0.497 e. The van der Waals surface area contributed by atoms with E-state index in [1.54, 1.807) is 13.2 Å². The first-order valence-electron chi connectivity index (χ1n) is 7.82. The standard InChI is InChI=1S/C17H18ClN5O3/c1-19-16(24)23-15-14(21-17(23)25)12(8-13(18)20-15)22(2)9-10-4-6-11(26-3)7-5-10/h4-8H,9H2,1-3H3,(H,19,24)(H,21,25). The molecule has 1 amide bonds. The highest BCUT2D eigenvalue weighted by molar-refractivity contribution is 6.30. The van der Waals surface area contributed by atoms with Gasteiger partial charge in [0.25, 0.3) is 0 Å². The van der Waals surface area contributed by atoms with Gasteiger partial charge in [-0.15, -0.1) is 0 Å². The average molecular weight is 376 g/mol. The molecule has 0 unspecified atom stereocenters. The van der Waals surface area contributed by atoms with Crippen molar-refractivity contribution in [3.05, 3.63) is 51.5 Å². The highest BCUT2D eigenvalue weighted by Gasteiger charge is 2.19. The first kappa shape index (κ1) is 17.8. The predicted molar refractivity (Wildman–Crippen MR) is 100 cm³/mol. The Morgan fingerprint density at radius 3 is 2.69 bits per heavy atom. The summed E-state index contributed by atoms with van der Waals surface area (Å²) in [4.78, 5) is 32.9. The van der Waals surface area contributed by atoms with E-state index in [0.29, 0.717) is 17.7 Å². The Balaban J connectivity index is 2.03. The number of hydrogen-bond donors (Lipinski definition) is 2. The summed E-state index contributed by atoms with van der Waals surface area (Å²) >= 11 is 6.12. The number of aromatic nitrogens is 3. The van der Waals surface area contributed by atoms with Crippen LogP contribution < -0.4 is 20.6 Å². The maximum atomic E-state index is 12.2. The normalized spacial score (nSPS) is 10.8. The molecule has 0 atom stereocenters. The summed E-state index contributed by atoms with van der Waals surface area (Å²) in [6.45, 7) is 0.562. The topological polar surface area (TPSA) is 92.2 Å². The molecule has 9 heteroatoms. The molecule has 136 valence electrons. The lowest BCUT2D eigenvalue weighted by Gasteiger charge is -2.20. The zero-order valence-corrected chi connectivity index (χ0v) is 15.3. The lowest BCUT2D eigenvalue weighted by Crippen LogP contribution is -2.32. The van der Waals surface area contributed by atoms with Crippen LogP contribution in [0.4, 0.5) is 10.5 Å². The number of carbonyl (C=O) groups excluding carboxylic acids is 1. The molecule has 0 bridgehead atoms.